The van der Waals surface area contributed by atoms with E-state index in [-0.39, 0.29) is 41.8 Å². The van der Waals surface area contributed by atoms with Crippen molar-refractivity contribution in [3.8, 4) is 0 Å². The Bertz CT molecular complexity index is 889. The molecule has 2 atom stereocenters. The highest BCUT2D eigenvalue weighted by atomic mass is 16.2. The zero-order valence-electron chi connectivity index (χ0n) is 16.9. The smallest absolute Gasteiger partial charge is 0.235 e. The average Bonchev–Trinajstić information content (AvgIpc) is 3.24. The van der Waals surface area contributed by atoms with E-state index in [4.69, 9.17) is 0 Å². The highest BCUT2D eigenvalue weighted by Gasteiger charge is 2.49. The predicted octanol–water partition coefficient (Wildman–Crippen LogP) is 3.49. The number of carbonyl (C=O) groups is 3. The molecule has 0 radical (unpaired) electrons. The molecule has 3 saturated heterocycles. The molecule has 3 heterocycles. The summed E-state index contributed by atoms with van der Waals surface area (Å²) in [5, 5.41) is 0. The van der Waals surface area contributed by atoms with E-state index in [1.54, 1.807) is 0 Å². The molecule has 0 spiro atoms. The molecule has 30 heavy (non-hydrogen) atoms. The summed E-state index contributed by atoms with van der Waals surface area (Å²) >= 11 is 0. The molecule has 5 heteroatoms. The predicted molar refractivity (Wildman–Crippen MR) is 112 cm³/mol. The molecule has 2 aromatic rings. The van der Waals surface area contributed by atoms with Crippen LogP contribution in [0.1, 0.15) is 55.6 Å². The molecule has 0 saturated carbocycles. The van der Waals surface area contributed by atoms with Gasteiger partial charge in [-0.3, -0.25) is 19.3 Å². The Morgan fingerprint density at radius 2 is 1.20 bits per heavy atom. The molecule has 2 unspecified atom stereocenters. The number of benzene rings is 2. The summed E-state index contributed by atoms with van der Waals surface area (Å²) in [4.78, 5) is 41.9. The summed E-state index contributed by atoms with van der Waals surface area (Å²) < 4.78 is 0. The zero-order valence-corrected chi connectivity index (χ0v) is 16.9. The minimum atomic E-state index is -0.331. The van der Waals surface area contributed by atoms with Gasteiger partial charge in [0.2, 0.25) is 17.7 Å². The minimum absolute atomic E-state index is 0.0457. The first kappa shape index (κ1) is 19.0. The molecule has 3 aliphatic rings. The summed E-state index contributed by atoms with van der Waals surface area (Å²) in [5.41, 5.74) is 2.00. The van der Waals surface area contributed by atoms with Gasteiger partial charge in [-0.05, 0) is 36.8 Å². The van der Waals surface area contributed by atoms with Gasteiger partial charge in [-0.1, -0.05) is 60.7 Å². The van der Waals surface area contributed by atoms with Crippen molar-refractivity contribution in [3.05, 3.63) is 71.8 Å². The van der Waals surface area contributed by atoms with Gasteiger partial charge < -0.3 is 4.90 Å². The summed E-state index contributed by atoms with van der Waals surface area (Å²) in [5.74, 6) is -0.286. The van der Waals surface area contributed by atoms with Crippen LogP contribution in [0.3, 0.4) is 0 Å². The molecule has 2 bridgehead atoms. The third-order valence-corrected chi connectivity index (χ3v) is 6.93. The number of piperidine rings is 1. The van der Waals surface area contributed by atoms with Crippen LogP contribution in [-0.4, -0.2) is 45.6 Å². The van der Waals surface area contributed by atoms with Crippen molar-refractivity contribution in [2.24, 2.45) is 0 Å². The maximum absolute atomic E-state index is 13.9. The normalized spacial score (nSPS) is 26.0. The molecular formula is C25H26N2O3. The van der Waals surface area contributed by atoms with E-state index >= 15 is 0 Å². The Labute approximate surface area is 176 Å². The number of likely N-dealkylation sites (tertiary alicyclic amines) is 1. The quantitative estimate of drug-likeness (QED) is 0.736. The average molecular weight is 402 g/mol. The molecule has 5 nitrogen and oxygen atoms in total. The van der Waals surface area contributed by atoms with E-state index in [9.17, 15) is 14.4 Å². The molecule has 0 N–H and O–H groups in total. The minimum Gasteiger partial charge on any atom is -0.336 e. The van der Waals surface area contributed by atoms with Gasteiger partial charge in [-0.15, -0.1) is 0 Å². The van der Waals surface area contributed by atoms with Gasteiger partial charge in [0.05, 0.1) is 5.92 Å². The maximum atomic E-state index is 13.9. The lowest BCUT2D eigenvalue weighted by molar-refractivity contribution is -0.144. The third kappa shape index (κ3) is 3.22. The molecule has 0 aliphatic carbocycles. The molecular weight excluding hydrogens is 376 g/mol. The van der Waals surface area contributed by atoms with Crippen LogP contribution in [0.15, 0.2) is 60.7 Å². The summed E-state index contributed by atoms with van der Waals surface area (Å²) in [6.07, 6.45) is 3.96. The monoisotopic (exact) mass is 402 g/mol. The molecule has 154 valence electrons. The van der Waals surface area contributed by atoms with E-state index in [0.29, 0.717) is 25.7 Å². The van der Waals surface area contributed by atoms with Gasteiger partial charge in [0.1, 0.15) is 0 Å². The third-order valence-electron chi connectivity index (χ3n) is 6.93. The van der Waals surface area contributed by atoms with E-state index in [1.165, 1.54) is 4.90 Å². The van der Waals surface area contributed by atoms with Crippen molar-refractivity contribution in [1.82, 2.24) is 9.80 Å². The van der Waals surface area contributed by atoms with Gasteiger partial charge in [-0.2, -0.15) is 0 Å². The lowest BCUT2D eigenvalue weighted by Crippen LogP contribution is -2.54. The lowest BCUT2D eigenvalue weighted by Gasteiger charge is -2.43. The number of carbonyl (C=O) groups excluding carboxylic acids is 3. The number of nitrogens with zero attached hydrogens (tertiary/aromatic N) is 2. The maximum Gasteiger partial charge on any atom is 0.235 e. The number of amides is 3. The number of hydrogen-bond donors (Lipinski definition) is 0. The van der Waals surface area contributed by atoms with Gasteiger partial charge in [0.15, 0.2) is 0 Å². The molecule has 3 amide bonds. The van der Waals surface area contributed by atoms with E-state index < -0.39 is 0 Å². The molecule has 3 fully saturated rings. The second kappa shape index (κ2) is 7.71. The van der Waals surface area contributed by atoms with Crippen LogP contribution in [0.2, 0.25) is 0 Å². The van der Waals surface area contributed by atoms with Crippen molar-refractivity contribution in [3.63, 3.8) is 0 Å². The molecule has 3 aliphatic heterocycles. The first-order valence-electron chi connectivity index (χ1n) is 10.9. The Balaban J connectivity index is 1.43. The fourth-order valence-electron chi connectivity index (χ4n) is 5.64. The fraction of sp³-hybridized carbons (Fsp3) is 0.400. The van der Waals surface area contributed by atoms with Gasteiger partial charge in [0.25, 0.3) is 0 Å². The summed E-state index contributed by atoms with van der Waals surface area (Å²) in [7, 11) is 0. The second-order valence-electron chi connectivity index (χ2n) is 8.67. The van der Waals surface area contributed by atoms with Crippen LogP contribution in [0, 0.1) is 0 Å². The van der Waals surface area contributed by atoms with E-state index in [1.807, 2.05) is 60.7 Å². The number of hydrogen-bond acceptors (Lipinski definition) is 3. The van der Waals surface area contributed by atoms with Crippen LogP contribution in [-0.2, 0) is 14.4 Å². The van der Waals surface area contributed by atoms with Crippen LogP contribution < -0.4 is 0 Å². The fourth-order valence-corrected chi connectivity index (χ4v) is 5.64. The highest BCUT2D eigenvalue weighted by molar-refractivity contribution is 6.02. The van der Waals surface area contributed by atoms with Gasteiger partial charge >= 0.3 is 0 Å². The molecule has 0 aromatic heterocycles. The Morgan fingerprint density at radius 3 is 1.67 bits per heavy atom. The number of rotatable bonds is 4. The Hall–Kier alpha value is -2.95. The summed E-state index contributed by atoms with van der Waals surface area (Å²) in [6, 6.07) is 20.1. The number of imide groups is 1. The van der Waals surface area contributed by atoms with Crippen LogP contribution in [0.4, 0.5) is 0 Å². The molecule has 2 aromatic carbocycles. The van der Waals surface area contributed by atoms with Crippen molar-refractivity contribution < 1.29 is 14.4 Å². The largest absolute Gasteiger partial charge is 0.336 e. The van der Waals surface area contributed by atoms with Crippen molar-refractivity contribution in [2.45, 2.75) is 62.6 Å². The standard InChI is InChI=1S/C25H26N2O3/c28-22-13-14-23(29)27(22)21-15-19-11-12-20(16-21)26(19)25(30)24(17-7-3-1-4-8-17)18-9-5-2-6-10-18/h1-10,19-21,24H,11-16H2. The van der Waals surface area contributed by atoms with Crippen LogP contribution in [0.25, 0.3) is 0 Å². The Kier molecular flexibility index (Phi) is 4.89. The first-order valence-corrected chi connectivity index (χ1v) is 10.9. The molecule has 5 rings (SSSR count). The lowest BCUT2D eigenvalue weighted by atomic mass is 9.87. The van der Waals surface area contributed by atoms with Crippen LogP contribution >= 0.6 is 0 Å². The highest BCUT2D eigenvalue weighted by Crippen LogP contribution is 2.41. The Morgan fingerprint density at radius 1 is 0.733 bits per heavy atom. The second-order valence-corrected chi connectivity index (χ2v) is 8.67. The SMILES string of the molecule is O=C1CCC(=O)N1C1CC2CCC(C1)N2C(=O)C(c1ccccc1)c1ccccc1. The van der Waals surface area contributed by atoms with E-state index in [2.05, 4.69) is 4.90 Å². The topological polar surface area (TPSA) is 57.7 Å². The number of fused-ring (bicyclic) bond motifs is 2. The van der Waals surface area contributed by atoms with Crippen molar-refractivity contribution in [2.75, 3.05) is 0 Å². The van der Waals surface area contributed by atoms with Gasteiger partial charge in [0, 0.05) is 31.0 Å². The van der Waals surface area contributed by atoms with Crippen molar-refractivity contribution >= 4 is 17.7 Å². The summed E-state index contributed by atoms with van der Waals surface area (Å²) in [6.45, 7) is 0. The van der Waals surface area contributed by atoms with Crippen LogP contribution in [0.5, 0.6) is 0 Å². The zero-order chi connectivity index (χ0) is 20.7. The van der Waals surface area contributed by atoms with Gasteiger partial charge in [-0.25, -0.2) is 0 Å². The van der Waals surface area contributed by atoms with E-state index in [0.717, 1.165) is 24.0 Å². The first-order chi connectivity index (χ1) is 14.6. The van der Waals surface area contributed by atoms with Crippen molar-refractivity contribution in [1.29, 1.82) is 0 Å².